The van der Waals surface area contributed by atoms with Crippen LogP contribution in [0.2, 0.25) is 5.02 Å². The van der Waals surface area contributed by atoms with Gasteiger partial charge in [0.05, 0.1) is 11.4 Å². The number of H-pyrrole nitrogens is 1. The number of anilines is 2. The van der Waals surface area contributed by atoms with Gasteiger partial charge in [-0.3, -0.25) is 4.90 Å². The zero-order chi connectivity index (χ0) is 22.2. The molecule has 5 nitrogen and oxygen atoms in total. The van der Waals surface area contributed by atoms with Crippen molar-refractivity contribution in [3.8, 4) is 0 Å². The summed E-state index contributed by atoms with van der Waals surface area (Å²) in [5.41, 5.74) is 6.71. The number of piperazine rings is 1. The SMILES string of the molecule is Clc1ccc2c(c1)N=C(N1CCN(CCc3c[nH]c4ccccc34)CC1)c1ccccc1N2. The van der Waals surface area contributed by atoms with Crippen LogP contribution in [-0.4, -0.2) is 53.3 Å². The Morgan fingerprint density at radius 2 is 1.70 bits per heavy atom. The molecular weight excluding hydrogens is 430 g/mol. The number of hydrogen-bond acceptors (Lipinski definition) is 4. The zero-order valence-electron chi connectivity index (χ0n) is 18.4. The maximum absolute atomic E-state index is 6.29. The molecule has 6 rings (SSSR count). The van der Waals surface area contributed by atoms with E-state index in [4.69, 9.17) is 16.6 Å². The molecule has 0 atom stereocenters. The molecule has 0 aliphatic carbocycles. The van der Waals surface area contributed by atoms with E-state index in [1.54, 1.807) is 0 Å². The quantitative estimate of drug-likeness (QED) is 0.409. The number of hydrogen-bond donors (Lipinski definition) is 2. The first-order valence-corrected chi connectivity index (χ1v) is 11.9. The Kier molecular flexibility index (Phi) is 5.29. The van der Waals surface area contributed by atoms with Gasteiger partial charge in [-0.2, -0.15) is 0 Å². The molecule has 2 aliphatic heterocycles. The van der Waals surface area contributed by atoms with E-state index in [1.165, 1.54) is 16.5 Å². The van der Waals surface area contributed by atoms with Gasteiger partial charge in [-0.05, 0) is 48.4 Å². The first-order chi connectivity index (χ1) is 16.2. The van der Waals surface area contributed by atoms with E-state index in [-0.39, 0.29) is 0 Å². The van der Waals surface area contributed by atoms with Crippen LogP contribution in [0.3, 0.4) is 0 Å². The van der Waals surface area contributed by atoms with Crippen molar-refractivity contribution in [3.05, 3.63) is 89.1 Å². The Labute approximate surface area is 198 Å². The molecule has 166 valence electrons. The lowest BCUT2D eigenvalue weighted by molar-refractivity contribution is 0.184. The number of nitrogens with one attached hydrogen (secondary N) is 2. The summed E-state index contributed by atoms with van der Waals surface area (Å²) in [7, 11) is 0. The molecule has 3 heterocycles. The third-order valence-electron chi connectivity index (χ3n) is 6.67. The second-order valence-corrected chi connectivity index (χ2v) is 9.14. The molecule has 0 amide bonds. The Morgan fingerprint density at radius 1 is 0.879 bits per heavy atom. The Bertz CT molecular complexity index is 1330. The molecule has 3 aromatic carbocycles. The fraction of sp³-hybridized carbons (Fsp3) is 0.222. The molecule has 0 spiro atoms. The van der Waals surface area contributed by atoms with Crippen LogP contribution in [-0.2, 0) is 6.42 Å². The number of aromatic amines is 1. The number of para-hydroxylation sites is 2. The number of rotatable bonds is 3. The van der Waals surface area contributed by atoms with Crippen molar-refractivity contribution in [1.29, 1.82) is 0 Å². The minimum absolute atomic E-state index is 0.701. The smallest absolute Gasteiger partial charge is 0.138 e. The highest BCUT2D eigenvalue weighted by Crippen LogP contribution is 2.36. The minimum atomic E-state index is 0.701. The van der Waals surface area contributed by atoms with Gasteiger partial charge in [-0.15, -0.1) is 0 Å². The van der Waals surface area contributed by atoms with E-state index in [0.29, 0.717) is 5.02 Å². The highest BCUT2D eigenvalue weighted by Gasteiger charge is 2.25. The van der Waals surface area contributed by atoms with Crippen LogP contribution in [0.4, 0.5) is 17.1 Å². The lowest BCUT2D eigenvalue weighted by Gasteiger charge is -2.36. The van der Waals surface area contributed by atoms with Crippen LogP contribution < -0.4 is 5.32 Å². The summed E-state index contributed by atoms with van der Waals surface area (Å²) < 4.78 is 0. The van der Waals surface area contributed by atoms with Crippen molar-refractivity contribution < 1.29 is 0 Å². The van der Waals surface area contributed by atoms with Crippen LogP contribution in [0.15, 0.2) is 77.9 Å². The van der Waals surface area contributed by atoms with Crippen molar-refractivity contribution in [2.75, 3.05) is 38.0 Å². The lowest BCUT2D eigenvalue weighted by atomic mass is 10.1. The standard InChI is InChI=1S/C27H26ClN5/c28-20-9-10-25-26(17-20)31-27(22-6-2-4-8-24(22)30-25)33-15-13-32(14-16-33)12-11-19-18-29-23-7-3-1-5-21(19)23/h1-10,17-18,29-30H,11-16H2. The highest BCUT2D eigenvalue weighted by atomic mass is 35.5. The predicted octanol–water partition coefficient (Wildman–Crippen LogP) is 5.82. The maximum atomic E-state index is 6.29. The van der Waals surface area contributed by atoms with Gasteiger partial charge < -0.3 is 15.2 Å². The summed E-state index contributed by atoms with van der Waals surface area (Å²) in [6.07, 6.45) is 3.22. The number of halogens is 1. The van der Waals surface area contributed by atoms with E-state index < -0.39 is 0 Å². The fourth-order valence-electron chi connectivity index (χ4n) is 4.85. The average molecular weight is 456 g/mol. The lowest BCUT2D eigenvalue weighted by Crippen LogP contribution is -2.49. The molecule has 1 fully saturated rings. The van der Waals surface area contributed by atoms with Gasteiger partial charge in [0.2, 0.25) is 0 Å². The third kappa shape index (κ3) is 3.99. The summed E-state index contributed by atoms with van der Waals surface area (Å²) in [5, 5.41) is 5.58. The van der Waals surface area contributed by atoms with Crippen molar-refractivity contribution in [3.63, 3.8) is 0 Å². The Morgan fingerprint density at radius 3 is 2.61 bits per heavy atom. The van der Waals surface area contributed by atoms with Crippen molar-refractivity contribution in [1.82, 2.24) is 14.8 Å². The van der Waals surface area contributed by atoms with Crippen molar-refractivity contribution in [2.24, 2.45) is 4.99 Å². The number of fused-ring (bicyclic) bond motifs is 3. The first kappa shape index (κ1) is 20.3. The van der Waals surface area contributed by atoms with Crippen LogP contribution in [0.1, 0.15) is 11.1 Å². The molecule has 33 heavy (non-hydrogen) atoms. The number of amidine groups is 1. The molecule has 1 saturated heterocycles. The molecule has 2 aliphatic rings. The van der Waals surface area contributed by atoms with Crippen molar-refractivity contribution >= 4 is 45.4 Å². The molecule has 4 aromatic rings. The number of aliphatic imine (C=N–C) groups is 1. The van der Waals surface area contributed by atoms with E-state index in [9.17, 15) is 0 Å². The molecule has 2 N–H and O–H groups in total. The van der Waals surface area contributed by atoms with Gasteiger partial charge >= 0.3 is 0 Å². The Hall–Kier alpha value is -3.28. The number of aromatic nitrogens is 1. The molecule has 0 radical (unpaired) electrons. The maximum Gasteiger partial charge on any atom is 0.138 e. The molecule has 0 saturated carbocycles. The van der Waals surface area contributed by atoms with Crippen LogP contribution in [0, 0.1) is 0 Å². The highest BCUT2D eigenvalue weighted by molar-refractivity contribution is 6.31. The minimum Gasteiger partial charge on any atom is -0.361 e. The van der Waals surface area contributed by atoms with Crippen LogP contribution in [0.25, 0.3) is 10.9 Å². The van der Waals surface area contributed by atoms with Gasteiger partial charge in [0.15, 0.2) is 0 Å². The van der Waals surface area contributed by atoms with Crippen molar-refractivity contribution in [2.45, 2.75) is 6.42 Å². The van der Waals surface area contributed by atoms with E-state index in [2.05, 4.69) is 74.8 Å². The normalized spacial score (nSPS) is 16.0. The summed E-state index contributed by atoms with van der Waals surface area (Å²) >= 11 is 6.29. The molecular formula is C27H26ClN5. The largest absolute Gasteiger partial charge is 0.361 e. The monoisotopic (exact) mass is 455 g/mol. The molecule has 0 unspecified atom stereocenters. The molecule has 0 bridgehead atoms. The third-order valence-corrected chi connectivity index (χ3v) is 6.90. The topological polar surface area (TPSA) is 46.7 Å². The second-order valence-electron chi connectivity index (χ2n) is 8.71. The summed E-state index contributed by atoms with van der Waals surface area (Å²) in [4.78, 5) is 13.5. The molecule has 6 heteroatoms. The predicted molar refractivity (Wildman–Crippen MR) is 137 cm³/mol. The van der Waals surface area contributed by atoms with Gasteiger partial charge in [-0.1, -0.05) is 41.9 Å². The fourth-order valence-corrected chi connectivity index (χ4v) is 5.02. The van der Waals surface area contributed by atoms with E-state index >= 15 is 0 Å². The van der Waals surface area contributed by atoms with Crippen LogP contribution in [0.5, 0.6) is 0 Å². The summed E-state index contributed by atoms with van der Waals surface area (Å²) in [5.74, 6) is 1.02. The number of nitrogens with zero attached hydrogens (tertiary/aromatic N) is 3. The second kappa shape index (κ2) is 8.58. The number of benzene rings is 3. The van der Waals surface area contributed by atoms with Gasteiger partial charge in [-0.25, -0.2) is 4.99 Å². The van der Waals surface area contributed by atoms with E-state index in [0.717, 1.165) is 67.6 Å². The van der Waals surface area contributed by atoms with Gasteiger partial charge in [0.1, 0.15) is 5.84 Å². The van der Waals surface area contributed by atoms with Gasteiger partial charge in [0, 0.05) is 66.1 Å². The summed E-state index contributed by atoms with van der Waals surface area (Å²) in [6, 6.07) is 22.8. The summed E-state index contributed by atoms with van der Waals surface area (Å²) in [6.45, 7) is 5.03. The van der Waals surface area contributed by atoms with Gasteiger partial charge in [0.25, 0.3) is 0 Å². The average Bonchev–Trinajstić information content (AvgIpc) is 3.19. The van der Waals surface area contributed by atoms with E-state index in [1.807, 2.05) is 18.2 Å². The molecule has 1 aromatic heterocycles. The Balaban J connectivity index is 1.19. The van der Waals surface area contributed by atoms with Crippen LogP contribution >= 0.6 is 11.6 Å². The first-order valence-electron chi connectivity index (χ1n) is 11.5. The zero-order valence-corrected chi connectivity index (χ0v) is 19.1.